The third kappa shape index (κ3) is 5.81. The van der Waals surface area contributed by atoms with Gasteiger partial charge in [-0.1, -0.05) is 146 Å². The normalized spacial score (nSPS) is 11.5. The van der Waals surface area contributed by atoms with Gasteiger partial charge < -0.3 is 0 Å². The molecule has 0 unspecified atom stereocenters. The fourth-order valence-corrected chi connectivity index (χ4v) is 8.50. The molecule has 290 valence electrons. The maximum atomic E-state index is 5.15. The number of rotatable bonds is 7. The number of hydrogen-bond acceptors (Lipinski definition) is 8. The summed E-state index contributed by atoms with van der Waals surface area (Å²) in [6.07, 6.45) is 7.50. The summed E-state index contributed by atoms with van der Waals surface area (Å²) < 4.78 is 4.25. The van der Waals surface area contributed by atoms with E-state index in [1.165, 1.54) is 0 Å². The highest BCUT2D eigenvalue weighted by atomic mass is 15.2. The van der Waals surface area contributed by atoms with Crippen LogP contribution in [0.5, 0.6) is 0 Å². The monoisotopic (exact) mass is 796 g/mol. The molecule has 6 heterocycles. The van der Waals surface area contributed by atoms with Crippen molar-refractivity contribution >= 4 is 43.6 Å². The van der Waals surface area contributed by atoms with Gasteiger partial charge in [-0.3, -0.25) is 19.1 Å². The number of nitrogens with zero attached hydrogens (tertiary/aromatic N) is 10. The van der Waals surface area contributed by atoms with E-state index in [4.69, 9.17) is 29.9 Å². The van der Waals surface area contributed by atoms with E-state index >= 15 is 0 Å². The first-order valence-corrected chi connectivity index (χ1v) is 20.3. The Balaban J connectivity index is 1.12. The summed E-state index contributed by atoms with van der Waals surface area (Å²) in [4.78, 5) is 39.9. The summed E-state index contributed by atoms with van der Waals surface area (Å²) >= 11 is 0. The van der Waals surface area contributed by atoms with Crippen LogP contribution in [0.1, 0.15) is 0 Å². The van der Waals surface area contributed by atoms with Gasteiger partial charge in [0.15, 0.2) is 23.3 Å². The Morgan fingerprint density at radius 1 is 0.290 bits per heavy atom. The smallest absolute Gasteiger partial charge is 0.238 e. The molecule has 0 aliphatic heterocycles. The van der Waals surface area contributed by atoms with Gasteiger partial charge in [-0.15, -0.1) is 0 Å². The van der Waals surface area contributed by atoms with Crippen molar-refractivity contribution in [3.63, 3.8) is 0 Å². The lowest BCUT2D eigenvalue weighted by atomic mass is 9.96. The first-order valence-electron chi connectivity index (χ1n) is 20.3. The molecule has 10 heteroatoms. The topological polar surface area (TPSA) is 113 Å². The summed E-state index contributed by atoms with van der Waals surface area (Å²) in [5.41, 5.74) is 9.38. The molecule has 12 aromatic rings. The van der Waals surface area contributed by atoms with Crippen molar-refractivity contribution in [2.45, 2.75) is 0 Å². The molecule has 0 bridgehead atoms. The van der Waals surface area contributed by atoms with Crippen LogP contribution in [0, 0.1) is 0 Å². The van der Waals surface area contributed by atoms with Crippen molar-refractivity contribution in [3.8, 4) is 68.6 Å². The molecule has 12 rings (SSSR count). The van der Waals surface area contributed by atoms with Crippen molar-refractivity contribution in [1.29, 1.82) is 0 Å². The molecular formula is C52H32N10. The average molecular weight is 797 g/mol. The van der Waals surface area contributed by atoms with Crippen molar-refractivity contribution in [2.24, 2.45) is 0 Å². The molecule has 6 aromatic carbocycles. The quantitative estimate of drug-likeness (QED) is 0.157. The molecule has 0 amide bonds. The van der Waals surface area contributed by atoms with E-state index in [9.17, 15) is 0 Å². The van der Waals surface area contributed by atoms with Crippen molar-refractivity contribution < 1.29 is 0 Å². The van der Waals surface area contributed by atoms with Crippen LogP contribution in [0.2, 0.25) is 0 Å². The summed E-state index contributed by atoms with van der Waals surface area (Å²) in [6.45, 7) is 0. The van der Waals surface area contributed by atoms with Gasteiger partial charge in [-0.25, -0.2) is 9.97 Å². The first-order chi connectivity index (χ1) is 30.8. The summed E-state index contributed by atoms with van der Waals surface area (Å²) in [5, 5.41) is 3.98. The second-order valence-electron chi connectivity index (χ2n) is 14.9. The highest BCUT2D eigenvalue weighted by Crippen LogP contribution is 2.43. The Bertz CT molecular complexity index is 3270. The SMILES string of the molecule is c1ccc(-c2nc(-c3ccccc3)nc(-n3c4ccncc4c4c(-c5cccc6c5c5cnccc5n6-c5nc(-c6ccccc6)nc(-c6ccccc6)n5)cccc43)n2)cc1. The first kappa shape index (κ1) is 35.2. The maximum absolute atomic E-state index is 5.15. The lowest BCUT2D eigenvalue weighted by molar-refractivity contribution is 0.952. The van der Waals surface area contributed by atoms with Crippen LogP contribution in [-0.4, -0.2) is 49.0 Å². The Hall–Kier alpha value is -8.76. The van der Waals surface area contributed by atoms with Crippen LogP contribution in [0.4, 0.5) is 0 Å². The molecule has 10 nitrogen and oxygen atoms in total. The van der Waals surface area contributed by atoms with Gasteiger partial charge in [0.05, 0.1) is 22.1 Å². The predicted octanol–water partition coefficient (Wildman–Crippen LogP) is 11.4. The summed E-state index contributed by atoms with van der Waals surface area (Å²) in [5.74, 6) is 3.37. The Kier molecular flexibility index (Phi) is 8.24. The van der Waals surface area contributed by atoms with E-state index in [1.807, 2.05) is 158 Å². The van der Waals surface area contributed by atoms with Gasteiger partial charge in [-0.05, 0) is 35.4 Å². The average Bonchev–Trinajstić information content (AvgIpc) is 3.88. The Morgan fingerprint density at radius 2 is 0.629 bits per heavy atom. The lowest BCUT2D eigenvalue weighted by Gasteiger charge is -2.12. The summed E-state index contributed by atoms with van der Waals surface area (Å²) in [6, 6.07) is 57.0. The third-order valence-corrected chi connectivity index (χ3v) is 11.2. The largest absolute Gasteiger partial charge is 0.278 e. The number of fused-ring (bicyclic) bond motifs is 6. The van der Waals surface area contributed by atoms with Crippen molar-refractivity contribution in [2.75, 3.05) is 0 Å². The standard InChI is InChI=1S/C52H32N10/c1-5-15-33(16-6-1)47-55-48(34-17-7-2-8-18-34)58-51(57-47)61-41-27-29-53-31-39(41)45-37(23-13-25-43(45)61)38-24-14-26-44-46(38)40-32-54-30-28-42(40)62(44)52-59-49(35-19-9-3-10-20-35)56-50(60-52)36-21-11-4-12-22-36/h1-32H. The minimum Gasteiger partial charge on any atom is -0.278 e. The molecule has 0 saturated heterocycles. The zero-order valence-corrected chi connectivity index (χ0v) is 32.9. The molecule has 0 atom stereocenters. The fourth-order valence-electron chi connectivity index (χ4n) is 8.50. The Morgan fingerprint density at radius 3 is 0.968 bits per heavy atom. The van der Waals surface area contributed by atoms with E-state index in [0.717, 1.165) is 77.0 Å². The molecule has 0 aliphatic rings. The Labute approximate surface area is 354 Å². The van der Waals surface area contributed by atoms with Gasteiger partial charge in [0.25, 0.3) is 0 Å². The number of pyridine rings is 2. The van der Waals surface area contributed by atoms with E-state index in [-0.39, 0.29) is 0 Å². The molecule has 6 aromatic heterocycles. The zero-order chi connectivity index (χ0) is 41.0. The molecule has 0 radical (unpaired) electrons. The van der Waals surface area contributed by atoms with Gasteiger partial charge in [-0.2, -0.15) is 19.9 Å². The lowest BCUT2D eigenvalue weighted by Crippen LogP contribution is -2.06. The van der Waals surface area contributed by atoms with Gasteiger partial charge in [0, 0.05) is 68.6 Å². The van der Waals surface area contributed by atoms with E-state index < -0.39 is 0 Å². The van der Waals surface area contributed by atoms with Gasteiger partial charge in [0.1, 0.15) is 0 Å². The molecule has 62 heavy (non-hydrogen) atoms. The highest BCUT2D eigenvalue weighted by molar-refractivity contribution is 6.21. The minimum atomic E-state index is 0.512. The van der Waals surface area contributed by atoms with Crippen LogP contribution >= 0.6 is 0 Å². The summed E-state index contributed by atoms with van der Waals surface area (Å²) in [7, 11) is 0. The number of aromatic nitrogens is 10. The second kappa shape index (κ2) is 14.5. The van der Waals surface area contributed by atoms with Crippen LogP contribution in [0.3, 0.4) is 0 Å². The van der Waals surface area contributed by atoms with Gasteiger partial charge >= 0.3 is 0 Å². The van der Waals surface area contributed by atoms with Crippen LogP contribution in [0.15, 0.2) is 195 Å². The number of benzene rings is 6. The zero-order valence-electron chi connectivity index (χ0n) is 32.9. The fraction of sp³-hybridized carbons (Fsp3) is 0. The molecule has 0 N–H and O–H groups in total. The molecular weight excluding hydrogens is 765 g/mol. The van der Waals surface area contributed by atoms with Crippen LogP contribution in [-0.2, 0) is 0 Å². The van der Waals surface area contributed by atoms with E-state index in [1.54, 1.807) is 0 Å². The maximum Gasteiger partial charge on any atom is 0.238 e. The minimum absolute atomic E-state index is 0.512. The van der Waals surface area contributed by atoms with Crippen LogP contribution < -0.4 is 0 Å². The molecule has 0 spiro atoms. The van der Waals surface area contributed by atoms with Gasteiger partial charge in [0.2, 0.25) is 11.9 Å². The highest BCUT2D eigenvalue weighted by Gasteiger charge is 2.24. The molecule has 0 fully saturated rings. The molecule has 0 aliphatic carbocycles. The van der Waals surface area contributed by atoms with E-state index in [0.29, 0.717) is 35.2 Å². The second-order valence-corrected chi connectivity index (χ2v) is 14.9. The molecule has 0 saturated carbocycles. The number of hydrogen-bond donors (Lipinski definition) is 0. The van der Waals surface area contributed by atoms with Crippen molar-refractivity contribution in [1.82, 2.24) is 49.0 Å². The van der Waals surface area contributed by atoms with Crippen molar-refractivity contribution in [3.05, 3.63) is 195 Å². The van der Waals surface area contributed by atoms with Crippen LogP contribution in [0.25, 0.3) is 112 Å². The predicted molar refractivity (Wildman–Crippen MR) is 245 cm³/mol. The van der Waals surface area contributed by atoms with E-state index in [2.05, 4.69) is 55.5 Å². The third-order valence-electron chi connectivity index (χ3n) is 11.2.